The molecule has 1 N–H and O–H groups in total. The Hall–Kier alpha value is -0.120. The molecule has 3 nitrogen and oxygen atoms in total. The number of nitrogens with one attached hydrogen (secondary N) is 1. The molecule has 0 saturated heterocycles. The number of methoxy groups -OCH3 is 1. The molecular weight excluding hydrogens is 176 g/mol. The van der Waals surface area contributed by atoms with Crippen molar-refractivity contribution in [2.24, 2.45) is 5.92 Å². The molecule has 1 rings (SSSR count). The lowest BCUT2D eigenvalue weighted by molar-refractivity contribution is 0.141. The topological polar surface area (TPSA) is 24.5 Å². The summed E-state index contributed by atoms with van der Waals surface area (Å²) in [5.41, 5.74) is 0. The van der Waals surface area contributed by atoms with Crippen LogP contribution >= 0.6 is 0 Å². The largest absolute Gasteiger partial charge is 0.383 e. The van der Waals surface area contributed by atoms with Gasteiger partial charge in [-0.1, -0.05) is 6.92 Å². The second-order valence-corrected chi connectivity index (χ2v) is 4.24. The van der Waals surface area contributed by atoms with Crippen LogP contribution in [0.1, 0.15) is 19.8 Å². The first-order chi connectivity index (χ1) is 6.80. The SMILES string of the molecule is CCN(CC1CC1)CC(COC)NC. The lowest BCUT2D eigenvalue weighted by Crippen LogP contribution is -2.42. The van der Waals surface area contributed by atoms with Crippen molar-refractivity contribution >= 4 is 0 Å². The summed E-state index contributed by atoms with van der Waals surface area (Å²) < 4.78 is 5.17. The average Bonchev–Trinajstić information content (AvgIpc) is 2.99. The summed E-state index contributed by atoms with van der Waals surface area (Å²) in [6.45, 7) is 6.58. The van der Waals surface area contributed by atoms with Crippen molar-refractivity contribution in [3.05, 3.63) is 0 Å². The number of likely N-dealkylation sites (N-methyl/N-ethyl adjacent to an activating group) is 2. The van der Waals surface area contributed by atoms with Crippen LogP contribution < -0.4 is 5.32 Å². The van der Waals surface area contributed by atoms with E-state index in [1.165, 1.54) is 19.4 Å². The van der Waals surface area contributed by atoms with E-state index in [-0.39, 0.29) is 0 Å². The van der Waals surface area contributed by atoms with Gasteiger partial charge in [-0.25, -0.2) is 0 Å². The van der Waals surface area contributed by atoms with Crippen LogP contribution in [-0.4, -0.2) is 51.3 Å². The quantitative estimate of drug-likeness (QED) is 0.631. The summed E-state index contributed by atoms with van der Waals surface area (Å²) >= 11 is 0. The monoisotopic (exact) mass is 200 g/mol. The molecule has 1 saturated carbocycles. The maximum atomic E-state index is 5.17. The molecule has 0 spiro atoms. The van der Waals surface area contributed by atoms with Gasteiger partial charge in [0.1, 0.15) is 0 Å². The Morgan fingerprint density at radius 3 is 2.64 bits per heavy atom. The molecule has 3 heteroatoms. The highest BCUT2D eigenvalue weighted by Gasteiger charge is 2.24. The average molecular weight is 200 g/mol. The van der Waals surface area contributed by atoms with Gasteiger partial charge < -0.3 is 15.0 Å². The van der Waals surface area contributed by atoms with E-state index >= 15 is 0 Å². The first-order valence-corrected chi connectivity index (χ1v) is 5.68. The normalized spacial score (nSPS) is 18.9. The number of hydrogen-bond donors (Lipinski definition) is 1. The van der Waals surface area contributed by atoms with Gasteiger partial charge in [-0.2, -0.15) is 0 Å². The predicted molar refractivity (Wildman–Crippen MR) is 59.6 cm³/mol. The first kappa shape index (κ1) is 12.0. The van der Waals surface area contributed by atoms with Gasteiger partial charge in [0.2, 0.25) is 0 Å². The summed E-state index contributed by atoms with van der Waals surface area (Å²) in [5.74, 6) is 0.981. The molecule has 1 aliphatic carbocycles. The third kappa shape index (κ3) is 4.40. The molecule has 84 valence electrons. The zero-order valence-corrected chi connectivity index (χ0v) is 9.75. The summed E-state index contributed by atoms with van der Waals surface area (Å²) in [4.78, 5) is 2.53. The number of rotatable bonds is 8. The molecule has 1 fully saturated rings. The fraction of sp³-hybridized carbons (Fsp3) is 1.00. The Labute approximate surface area is 87.8 Å². The second kappa shape index (κ2) is 6.38. The van der Waals surface area contributed by atoms with Gasteiger partial charge in [0.05, 0.1) is 6.61 Å². The first-order valence-electron chi connectivity index (χ1n) is 5.68. The van der Waals surface area contributed by atoms with Crippen LogP contribution in [0.3, 0.4) is 0 Å². The standard InChI is InChI=1S/C11H24N2O/c1-4-13(7-10-5-6-10)8-11(12-2)9-14-3/h10-12H,4-9H2,1-3H3. The van der Waals surface area contributed by atoms with Gasteiger partial charge in [0.25, 0.3) is 0 Å². The van der Waals surface area contributed by atoms with Crippen LogP contribution in [-0.2, 0) is 4.74 Å². The van der Waals surface area contributed by atoms with Crippen LogP contribution in [0.15, 0.2) is 0 Å². The molecule has 0 heterocycles. The maximum absolute atomic E-state index is 5.17. The van der Waals surface area contributed by atoms with E-state index in [0.717, 1.165) is 25.6 Å². The van der Waals surface area contributed by atoms with E-state index < -0.39 is 0 Å². The van der Waals surface area contributed by atoms with Crippen LogP contribution in [0.2, 0.25) is 0 Å². The van der Waals surface area contributed by atoms with Crippen LogP contribution in [0, 0.1) is 5.92 Å². The minimum Gasteiger partial charge on any atom is -0.383 e. The van der Waals surface area contributed by atoms with E-state index in [2.05, 4.69) is 17.1 Å². The smallest absolute Gasteiger partial charge is 0.0628 e. The van der Waals surface area contributed by atoms with Gasteiger partial charge in [-0.15, -0.1) is 0 Å². The third-order valence-corrected chi connectivity index (χ3v) is 2.92. The fourth-order valence-electron chi connectivity index (χ4n) is 1.74. The van der Waals surface area contributed by atoms with Crippen LogP contribution in [0.25, 0.3) is 0 Å². The van der Waals surface area contributed by atoms with Crippen LogP contribution in [0.4, 0.5) is 0 Å². The molecule has 0 radical (unpaired) electrons. The Morgan fingerprint density at radius 1 is 1.50 bits per heavy atom. The van der Waals surface area contributed by atoms with E-state index in [4.69, 9.17) is 4.74 Å². The molecular formula is C11H24N2O. The van der Waals surface area contributed by atoms with Gasteiger partial charge in [-0.05, 0) is 32.4 Å². The van der Waals surface area contributed by atoms with Gasteiger partial charge in [0, 0.05) is 26.2 Å². The van der Waals surface area contributed by atoms with Gasteiger partial charge in [-0.3, -0.25) is 0 Å². The fourth-order valence-corrected chi connectivity index (χ4v) is 1.74. The van der Waals surface area contributed by atoms with Crippen molar-refractivity contribution in [2.75, 3.05) is 40.4 Å². The predicted octanol–water partition coefficient (Wildman–Crippen LogP) is 0.953. The minimum atomic E-state index is 0.471. The van der Waals surface area contributed by atoms with E-state index in [0.29, 0.717) is 6.04 Å². The molecule has 0 aromatic rings. The van der Waals surface area contributed by atoms with Crippen LogP contribution in [0.5, 0.6) is 0 Å². The van der Waals surface area contributed by atoms with Gasteiger partial charge in [0.15, 0.2) is 0 Å². The van der Waals surface area contributed by atoms with Crippen molar-refractivity contribution < 1.29 is 4.74 Å². The molecule has 1 aliphatic rings. The highest BCUT2D eigenvalue weighted by Crippen LogP contribution is 2.29. The lowest BCUT2D eigenvalue weighted by atomic mass is 10.2. The Balaban J connectivity index is 2.20. The zero-order valence-electron chi connectivity index (χ0n) is 9.75. The molecule has 0 aromatic heterocycles. The number of ether oxygens (including phenoxy) is 1. The highest BCUT2D eigenvalue weighted by molar-refractivity contribution is 4.79. The van der Waals surface area contributed by atoms with Crippen molar-refractivity contribution in [2.45, 2.75) is 25.8 Å². The molecule has 1 unspecified atom stereocenters. The Morgan fingerprint density at radius 2 is 2.21 bits per heavy atom. The highest BCUT2D eigenvalue weighted by atomic mass is 16.5. The van der Waals surface area contributed by atoms with Crippen molar-refractivity contribution in [1.29, 1.82) is 0 Å². The van der Waals surface area contributed by atoms with Crippen molar-refractivity contribution in [3.63, 3.8) is 0 Å². The molecule has 1 atom stereocenters. The molecule has 0 bridgehead atoms. The minimum absolute atomic E-state index is 0.471. The number of nitrogens with zero attached hydrogens (tertiary/aromatic N) is 1. The van der Waals surface area contributed by atoms with E-state index in [1.54, 1.807) is 7.11 Å². The molecule has 0 aromatic carbocycles. The maximum Gasteiger partial charge on any atom is 0.0628 e. The summed E-state index contributed by atoms with van der Waals surface area (Å²) in [6.07, 6.45) is 2.87. The second-order valence-electron chi connectivity index (χ2n) is 4.24. The molecule has 0 aliphatic heterocycles. The summed E-state index contributed by atoms with van der Waals surface area (Å²) in [6, 6.07) is 0.471. The summed E-state index contributed by atoms with van der Waals surface area (Å²) in [7, 11) is 3.77. The lowest BCUT2D eigenvalue weighted by Gasteiger charge is -2.25. The van der Waals surface area contributed by atoms with Crippen molar-refractivity contribution in [3.8, 4) is 0 Å². The van der Waals surface area contributed by atoms with Crippen molar-refractivity contribution in [1.82, 2.24) is 10.2 Å². The number of hydrogen-bond acceptors (Lipinski definition) is 3. The zero-order chi connectivity index (χ0) is 10.4. The van der Waals surface area contributed by atoms with Gasteiger partial charge >= 0.3 is 0 Å². The summed E-state index contributed by atoms with van der Waals surface area (Å²) in [5, 5.41) is 3.29. The third-order valence-electron chi connectivity index (χ3n) is 2.92. The Bertz CT molecular complexity index is 148. The Kier molecular flexibility index (Phi) is 5.45. The molecule has 0 amide bonds. The van der Waals surface area contributed by atoms with E-state index in [9.17, 15) is 0 Å². The molecule has 14 heavy (non-hydrogen) atoms. The van der Waals surface area contributed by atoms with E-state index in [1.807, 2.05) is 7.05 Å².